The quantitative estimate of drug-likeness (QED) is 0.722. The minimum absolute atomic E-state index is 0.161. The zero-order valence-corrected chi connectivity index (χ0v) is 12.0. The molecule has 0 aromatic carbocycles. The van der Waals surface area contributed by atoms with Gasteiger partial charge >= 0.3 is 0 Å². The van der Waals surface area contributed by atoms with Gasteiger partial charge in [-0.25, -0.2) is 0 Å². The Morgan fingerprint density at radius 3 is 2.89 bits per heavy atom. The summed E-state index contributed by atoms with van der Waals surface area (Å²) < 4.78 is 0. The maximum atomic E-state index is 11.3. The third-order valence-electron chi connectivity index (χ3n) is 3.83. The van der Waals surface area contributed by atoms with Crippen molar-refractivity contribution < 1.29 is 4.79 Å². The minimum atomic E-state index is -0.216. The van der Waals surface area contributed by atoms with Gasteiger partial charge in [-0.15, -0.1) is 0 Å². The lowest BCUT2D eigenvalue weighted by molar-refractivity contribution is -0.120. The Bertz CT molecular complexity index is 245. The predicted molar refractivity (Wildman–Crippen MR) is 75.3 cm³/mol. The molecule has 0 saturated carbocycles. The Morgan fingerprint density at radius 2 is 2.22 bits per heavy atom. The summed E-state index contributed by atoms with van der Waals surface area (Å²) in [6, 6.07) is -0.161. The van der Waals surface area contributed by atoms with E-state index in [0.717, 1.165) is 31.8 Å². The fraction of sp³-hybridized carbons (Fsp3) is 0.929. The first-order valence-corrected chi connectivity index (χ1v) is 7.38. The molecule has 106 valence electrons. The lowest BCUT2D eigenvalue weighted by atomic mass is 10.0. The Hall–Kier alpha value is -0.610. The molecule has 4 nitrogen and oxygen atoms in total. The number of nitrogens with one attached hydrogen (secondary N) is 1. The maximum absolute atomic E-state index is 11.3. The van der Waals surface area contributed by atoms with Gasteiger partial charge in [0.05, 0.1) is 6.04 Å². The van der Waals surface area contributed by atoms with Crippen molar-refractivity contribution in [1.29, 1.82) is 0 Å². The van der Waals surface area contributed by atoms with E-state index in [1.54, 1.807) is 0 Å². The van der Waals surface area contributed by atoms with E-state index in [4.69, 9.17) is 5.73 Å². The molecular formula is C14H29N3O. The van der Waals surface area contributed by atoms with Crippen LogP contribution in [-0.2, 0) is 4.79 Å². The molecular weight excluding hydrogens is 226 g/mol. The van der Waals surface area contributed by atoms with Crippen LogP contribution in [0.2, 0.25) is 0 Å². The highest BCUT2D eigenvalue weighted by Crippen LogP contribution is 2.16. The van der Waals surface area contributed by atoms with Gasteiger partial charge < -0.3 is 16.0 Å². The van der Waals surface area contributed by atoms with E-state index in [9.17, 15) is 4.79 Å². The van der Waals surface area contributed by atoms with Gasteiger partial charge in [0.1, 0.15) is 0 Å². The van der Waals surface area contributed by atoms with Crippen LogP contribution in [0.1, 0.15) is 46.0 Å². The van der Waals surface area contributed by atoms with E-state index in [0.29, 0.717) is 0 Å². The largest absolute Gasteiger partial charge is 0.368 e. The first-order valence-electron chi connectivity index (χ1n) is 7.38. The number of hydrogen-bond donors (Lipinski definition) is 2. The number of amides is 1. The monoisotopic (exact) mass is 255 g/mol. The highest BCUT2D eigenvalue weighted by Gasteiger charge is 2.18. The molecule has 0 bridgehead atoms. The highest BCUT2D eigenvalue weighted by molar-refractivity contribution is 5.79. The SMILES string of the molecule is CCCNC(CCN1CCCC(C)CC1)C(N)=O. The van der Waals surface area contributed by atoms with E-state index < -0.39 is 0 Å². The van der Waals surface area contributed by atoms with E-state index >= 15 is 0 Å². The average Bonchev–Trinajstić information content (AvgIpc) is 2.54. The van der Waals surface area contributed by atoms with Crippen molar-refractivity contribution in [2.75, 3.05) is 26.2 Å². The third-order valence-corrected chi connectivity index (χ3v) is 3.83. The summed E-state index contributed by atoms with van der Waals surface area (Å²) in [4.78, 5) is 13.8. The average molecular weight is 255 g/mol. The Balaban J connectivity index is 2.29. The zero-order valence-electron chi connectivity index (χ0n) is 12.0. The molecule has 0 aromatic rings. The molecule has 1 fully saturated rings. The van der Waals surface area contributed by atoms with Gasteiger partial charge in [0.15, 0.2) is 0 Å². The van der Waals surface area contributed by atoms with E-state index in [1.807, 2.05) is 0 Å². The van der Waals surface area contributed by atoms with Gasteiger partial charge in [0, 0.05) is 6.54 Å². The molecule has 1 heterocycles. The summed E-state index contributed by atoms with van der Waals surface area (Å²) in [5, 5.41) is 3.23. The van der Waals surface area contributed by atoms with Gasteiger partial charge in [-0.05, 0) is 57.7 Å². The number of primary amides is 1. The topological polar surface area (TPSA) is 58.4 Å². The predicted octanol–water partition coefficient (Wildman–Crippen LogP) is 1.35. The van der Waals surface area contributed by atoms with Crippen molar-refractivity contribution in [3.63, 3.8) is 0 Å². The van der Waals surface area contributed by atoms with Crippen molar-refractivity contribution in [2.24, 2.45) is 11.7 Å². The minimum Gasteiger partial charge on any atom is -0.368 e. The summed E-state index contributed by atoms with van der Waals surface area (Å²) >= 11 is 0. The summed E-state index contributed by atoms with van der Waals surface area (Å²) in [5.41, 5.74) is 5.43. The van der Waals surface area contributed by atoms with E-state index in [1.165, 1.54) is 32.4 Å². The van der Waals surface area contributed by atoms with E-state index in [2.05, 4.69) is 24.1 Å². The van der Waals surface area contributed by atoms with Crippen LogP contribution in [0.5, 0.6) is 0 Å². The van der Waals surface area contributed by atoms with Crippen LogP contribution in [0.4, 0.5) is 0 Å². The third kappa shape index (κ3) is 5.83. The van der Waals surface area contributed by atoms with Crippen molar-refractivity contribution in [3.05, 3.63) is 0 Å². The van der Waals surface area contributed by atoms with Crippen LogP contribution in [0, 0.1) is 5.92 Å². The van der Waals surface area contributed by atoms with Crippen LogP contribution >= 0.6 is 0 Å². The van der Waals surface area contributed by atoms with E-state index in [-0.39, 0.29) is 11.9 Å². The molecule has 2 unspecified atom stereocenters. The van der Waals surface area contributed by atoms with Gasteiger partial charge in [-0.2, -0.15) is 0 Å². The molecule has 0 aliphatic carbocycles. The standard InChI is InChI=1S/C14H29N3O/c1-3-8-16-13(14(15)18)7-11-17-9-4-5-12(2)6-10-17/h12-13,16H,3-11H2,1-2H3,(H2,15,18). The number of nitrogens with zero attached hydrogens (tertiary/aromatic N) is 1. The molecule has 0 spiro atoms. The summed E-state index contributed by atoms with van der Waals surface area (Å²) in [6.45, 7) is 8.62. The molecule has 1 rings (SSSR count). The molecule has 1 aliphatic heterocycles. The molecule has 0 aromatic heterocycles. The number of carbonyl (C=O) groups is 1. The molecule has 1 amide bonds. The Kier molecular flexibility index (Phi) is 7.28. The van der Waals surface area contributed by atoms with Crippen molar-refractivity contribution in [1.82, 2.24) is 10.2 Å². The summed E-state index contributed by atoms with van der Waals surface area (Å²) in [5.74, 6) is 0.631. The van der Waals surface area contributed by atoms with Crippen LogP contribution < -0.4 is 11.1 Å². The second-order valence-corrected chi connectivity index (χ2v) is 5.58. The lowest BCUT2D eigenvalue weighted by Gasteiger charge is -2.23. The normalized spacial score (nSPS) is 23.6. The number of hydrogen-bond acceptors (Lipinski definition) is 3. The Labute approximate surface area is 111 Å². The number of likely N-dealkylation sites (tertiary alicyclic amines) is 1. The second-order valence-electron chi connectivity index (χ2n) is 5.58. The lowest BCUT2D eigenvalue weighted by Crippen LogP contribution is -2.44. The molecule has 1 aliphatic rings. The summed E-state index contributed by atoms with van der Waals surface area (Å²) in [6.07, 6.45) is 5.77. The molecule has 3 N–H and O–H groups in total. The smallest absolute Gasteiger partial charge is 0.234 e. The number of carbonyl (C=O) groups excluding carboxylic acids is 1. The highest BCUT2D eigenvalue weighted by atomic mass is 16.1. The fourth-order valence-electron chi connectivity index (χ4n) is 2.52. The Morgan fingerprint density at radius 1 is 1.44 bits per heavy atom. The van der Waals surface area contributed by atoms with Gasteiger partial charge in [0.2, 0.25) is 5.91 Å². The van der Waals surface area contributed by atoms with Crippen molar-refractivity contribution in [2.45, 2.75) is 52.0 Å². The molecule has 0 radical (unpaired) electrons. The van der Waals surface area contributed by atoms with Gasteiger partial charge in [-0.3, -0.25) is 4.79 Å². The first-order chi connectivity index (χ1) is 8.63. The number of rotatable bonds is 7. The second kappa shape index (κ2) is 8.48. The molecule has 4 heteroatoms. The molecule has 2 atom stereocenters. The van der Waals surface area contributed by atoms with Crippen LogP contribution in [0.25, 0.3) is 0 Å². The van der Waals surface area contributed by atoms with Crippen molar-refractivity contribution in [3.8, 4) is 0 Å². The molecule has 1 saturated heterocycles. The number of nitrogens with two attached hydrogens (primary N) is 1. The van der Waals surface area contributed by atoms with Crippen LogP contribution in [0.15, 0.2) is 0 Å². The first kappa shape index (κ1) is 15.4. The zero-order chi connectivity index (χ0) is 13.4. The van der Waals surface area contributed by atoms with Gasteiger partial charge in [0.25, 0.3) is 0 Å². The van der Waals surface area contributed by atoms with Crippen LogP contribution in [0.3, 0.4) is 0 Å². The summed E-state index contributed by atoms with van der Waals surface area (Å²) in [7, 11) is 0. The van der Waals surface area contributed by atoms with Crippen LogP contribution in [-0.4, -0.2) is 43.0 Å². The fourth-order valence-corrected chi connectivity index (χ4v) is 2.52. The van der Waals surface area contributed by atoms with Crippen molar-refractivity contribution >= 4 is 5.91 Å². The maximum Gasteiger partial charge on any atom is 0.234 e. The molecule has 18 heavy (non-hydrogen) atoms. The van der Waals surface area contributed by atoms with Gasteiger partial charge in [-0.1, -0.05) is 13.8 Å².